The topological polar surface area (TPSA) is 7.76 Å². The van der Waals surface area contributed by atoms with Gasteiger partial charge in [0, 0.05) is 33.8 Å². The summed E-state index contributed by atoms with van der Waals surface area (Å²) < 4.78 is 105. The second kappa shape index (κ2) is 9.86. The molecule has 26 heavy (non-hydrogen) atoms. The SMILES string of the molecule is F[B-](F)(F)F.F[B-](F)(F)F.F[n+]1ccc(Cl)cc1-c1cc(Cl)cc[n+]1F. The van der Waals surface area contributed by atoms with Gasteiger partial charge in [-0.1, -0.05) is 23.2 Å². The molecule has 2 aromatic rings. The Hall–Kier alpha value is -1.69. The van der Waals surface area contributed by atoms with Crippen LogP contribution in [0.15, 0.2) is 36.7 Å². The van der Waals surface area contributed by atoms with Crippen LogP contribution in [-0.4, -0.2) is 14.5 Å². The third-order valence-electron chi connectivity index (χ3n) is 2.00. The summed E-state index contributed by atoms with van der Waals surface area (Å²) in [5.74, 6) is 0. The summed E-state index contributed by atoms with van der Waals surface area (Å²) in [6, 6.07) is 5.34. The normalized spacial score (nSPS) is 11.1. The monoisotopic (exact) mass is 436 g/mol. The molecule has 0 aliphatic rings. The Morgan fingerprint density at radius 1 is 0.615 bits per heavy atom. The highest BCUT2D eigenvalue weighted by atomic mass is 35.5. The van der Waals surface area contributed by atoms with E-state index in [0.29, 0.717) is 10.0 Å². The first-order valence-corrected chi connectivity index (χ1v) is 6.83. The van der Waals surface area contributed by atoms with Crippen LogP contribution in [0, 0.1) is 0 Å². The maximum atomic E-state index is 13.4. The van der Waals surface area contributed by atoms with Gasteiger partial charge >= 0.3 is 25.9 Å². The number of hydrogen-bond donors (Lipinski definition) is 0. The molecular formula is C10H6B2Cl2F10N2. The summed E-state index contributed by atoms with van der Waals surface area (Å²) in [5, 5.41) is 0.618. The van der Waals surface area contributed by atoms with Crippen LogP contribution in [0.1, 0.15) is 0 Å². The molecule has 0 N–H and O–H groups in total. The van der Waals surface area contributed by atoms with Gasteiger partial charge in [-0.15, -0.1) is 0 Å². The van der Waals surface area contributed by atoms with E-state index in [2.05, 4.69) is 0 Å². The predicted octanol–water partition coefficient (Wildman–Crippen LogP) is 5.30. The van der Waals surface area contributed by atoms with Crippen molar-refractivity contribution in [1.29, 1.82) is 0 Å². The summed E-state index contributed by atoms with van der Waals surface area (Å²) in [5.41, 5.74) is -0.0324. The molecule has 0 saturated heterocycles. The lowest BCUT2D eigenvalue weighted by Crippen LogP contribution is -2.33. The van der Waals surface area contributed by atoms with Crippen molar-refractivity contribution in [1.82, 2.24) is 0 Å². The van der Waals surface area contributed by atoms with Crippen LogP contribution in [0.4, 0.5) is 43.5 Å². The van der Waals surface area contributed by atoms with Gasteiger partial charge in [-0.2, -0.15) is 0 Å². The maximum absolute atomic E-state index is 13.4. The van der Waals surface area contributed by atoms with E-state index in [1.165, 1.54) is 24.3 Å². The first-order chi connectivity index (χ1) is 11.6. The van der Waals surface area contributed by atoms with Gasteiger partial charge < -0.3 is 34.5 Å². The number of aromatic nitrogens is 2. The Labute approximate surface area is 149 Å². The van der Waals surface area contributed by atoms with Crippen molar-refractivity contribution in [3.8, 4) is 11.4 Å². The average Bonchev–Trinajstić information content (AvgIpc) is 2.41. The fourth-order valence-corrected chi connectivity index (χ4v) is 1.60. The minimum atomic E-state index is -6.00. The Morgan fingerprint density at radius 2 is 0.846 bits per heavy atom. The van der Waals surface area contributed by atoms with Crippen molar-refractivity contribution in [3.05, 3.63) is 46.7 Å². The van der Waals surface area contributed by atoms with Crippen molar-refractivity contribution in [2.24, 2.45) is 0 Å². The van der Waals surface area contributed by atoms with Gasteiger partial charge in [0.2, 0.25) is 12.4 Å². The lowest BCUT2D eigenvalue weighted by Gasteiger charge is -1.94. The third kappa shape index (κ3) is 12.6. The zero-order valence-corrected chi connectivity index (χ0v) is 13.6. The van der Waals surface area contributed by atoms with Crippen LogP contribution in [0.25, 0.3) is 11.4 Å². The minimum Gasteiger partial charge on any atom is -0.418 e. The molecule has 0 spiro atoms. The molecule has 146 valence electrons. The zero-order valence-electron chi connectivity index (χ0n) is 12.0. The Bertz CT molecular complexity index is 652. The molecular weight excluding hydrogens is 431 g/mol. The van der Waals surface area contributed by atoms with Crippen molar-refractivity contribution >= 4 is 37.7 Å². The molecule has 2 aromatic heterocycles. The quantitative estimate of drug-likeness (QED) is 0.423. The fraction of sp³-hybridized carbons (Fsp3) is 0. The van der Waals surface area contributed by atoms with E-state index in [4.69, 9.17) is 23.2 Å². The summed E-state index contributed by atoms with van der Waals surface area (Å²) in [4.78, 5) is 0.543. The second-order valence-corrected chi connectivity index (χ2v) is 4.95. The highest BCUT2D eigenvalue weighted by molar-refractivity contribution is 6.50. The molecule has 0 aliphatic carbocycles. The van der Waals surface area contributed by atoms with Crippen molar-refractivity contribution < 1.29 is 53.1 Å². The van der Waals surface area contributed by atoms with Crippen LogP contribution in [0.5, 0.6) is 0 Å². The summed E-state index contributed by atoms with van der Waals surface area (Å²) >= 11 is 11.4. The molecule has 16 heteroatoms. The van der Waals surface area contributed by atoms with Crippen molar-refractivity contribution in [2.45, 2.75) is 0 Å². The standard InChI is InChI=1S/C10H6Cl2F2N2.2BF4/c11-7-1-3-15(13)9(5-7)10-6-8(12)2-4-16(10)14;2*2-1(3,4)5/h1-6H;;/q+2;2*-1. The molecule has 0 unspecified atom stereocenters. The first-order valence-electron chi connectivity index (χ1n) is 6.07. The van der Waals surface area contributed by atoms with Crippen LogP contribution < -0.4 is 9.58 Å². The molecule has 2 rings (SSSR count). The maximum Gasteiger partial charge on any atom is 0.673 e. The Morgan fingerprint density at radius 3 is 1.08 bits per heavy atom. The molecule has 2 nitrogen and oxygen atoms in total. The molecule has 0 amide bonds. The fourth-order valence-electron chi connectivity index (χ4n) is 1.28. The predicted molar refractivity (Wildman–Crippen MR) is 75.7 cm³/mol. The number of hydrogen-bond acceptors (Lipinski definition) is 0. The number of nitrogens with zero attached hydrogens (tertiary/aromatic N) is 2. The largest absolute Gasteiger partial charge is 0.673 e. The van der Waals surface area contributed by atoms with Gasteiger partial charge in [-0.05, 0) is 0 Å². The van der Waals surface area contributed by atoms with E-state index >= 15 is 0 Å². The summed E-state index contributed by atoms with van der Waals surface area (Å²) in [6.45, 7) is 0. The summed E-state index contributed by atoms with van der Waals surface area (Å²) in [6.07, 6.45) is 2.19. The minimum absolute atomic E-state index is 0.0162. The van der Waals surface area contributed by atoms with E-state index in [1.807, 2.05) is 0 Å². The molecule has 0 bridgehead atoms. The van der Waals surface area contributed by atoms with E-state index in [0.717, 1.165) is 12.4 Å². The van der Waals surface area contributed by atoms with Crippen molar-refractivity contribution in [3.63, 3.8) is 0 Å². The van der Waals surface area contributed by atoms with E-state index < -0.39 is 14.5 Å². The van der Waals surface area contributed by atoms with Gasteiger partial charge in [-0.25, -0.2) is 0 Å². The zero-order chi connectivity index (χ0) is 20.7. The Kier molecular flexibility index (Phi) is 9.22. The highest BCUT2D eigenvalue weighted by Gasteiger charge is 2.26. The number of pyridine rings is 2. The molecule has 0 aromatic carbocycles. The molecule has 0 aliphatic heterocycles. The van der Waals surface area contributed by atoms with Crippen LogP contribution in [0.2, 0.25) is 10.0 Å². The van der Waals surface area contributed by atoms with Gasteiger partial charge in [0.25, 0.3) is 0 Å². The lowest BCUT2D eigenvalue weighted by molar-refractivity contribution is -0.859. The van der Waals surface area contributed by atoms with Gasteiger partial charge in [0.1, 0.15) is 0 Å². The highest BCUT2D eigenvalue weighted by Crippen LogP contribution is 2.19. The number of halogens is 12. The summed E-state index contributed by atoms with van der Waals surface area (Å²) in [7, 11) is -12.0. The van der Waals surface area contributed by atoms with Gasteiger partial charge in [0.05, 0.1) is 19.0 Å². The van der Waals surface area contributed by atoms with Crippen LogP contribution in [0.3, 0.4) is 0 Å². The average molecular weight is 437 g/mol. The molecule has 2 heterocycles. The van der Waals surface area contributed by atoms with Crippen LogP contribution >= 0.6 is 23.2 Å². The number of rotatable bonds is 1. The van der Waals surface area contributed by atoms with Crippen LogP contribution in [-0.2, 0) is 0 Å². The van der Waals surface area contributed by atoms with Crippen molar-refractivity contribution in [2.75, 3.05) is 0 Å². The van der Waals surface area contributed by atoms with Gasteiger partial charge in [-0.3, -0.25) is 0 Å². The van der Waals surface area contributed by atoms with E-state index in [9.17, 15) is 43.5 Å². The van der Waals surface area contributed by atoms with E-state index in [1.54, 1.807) is 0 Å². The third-order valence-corrected chi connectivity index (χ3v) is 2.47. The molecule has 0 radical (unpaired) electrons. The molecule has 0 atom stereocenters. The molecule has 0 saturated carbocycles. The molecule has 0 fully saturated rings. The van der Waals surface area contributed by atoms with E-state index in [-0.39, 0.29) is 21.0 Å². The first kappa shape index (κ1) is 24.3. The smallest absolute Gasteiger partial charge is 0.418 e. The van der Waals surface area contributed by atoms with Gasteiger partial charge in [0.15, 0.2) is 0 Å². The second-order valence-electron chi connectivity index (χ2n) is 4.07. The lowest BCUT2D eigenvalue weighted by atomic mass is 10.2. The Balaban J connectivity index is 0.000000520.